The number of hydrogen-bond acceptors (Lipinski definition) is 5. The summed E-state index contributed by atoms with van der Waals surface area (Å²) >= 11 is 0. The molecule has 1 aromatic carbocycles. The molecule has 0 unspecified atom stereocenters. The molecule has 2 aromatic heterocycles. The van der Waals surface area contributed by atoms with Crippen LogP contribution in [-0.2, 0) is 4.74 Å². The van der Waals surface area contributed by atoms with E-state index in [0.717, 1.165) is 11.0 Å². The number of aromatic nitrogens is 3. The molecule has 2 N–H and O–H groups in total. The molecule has 3 aromatic rings. The Kier molecular flexibility index (Phi) is 4.01. The van der Waals surface area contributed by atoms with Gasteiger partial charge in [0.1, 0.15) is 11.4 Å². The lowest BCUT2D eigenvalue weighted by atomic mass is 10.2. The van der Waals surface area contributed by atoms with Gasteiger partial charge in [0.25, 0.3) is 5.91 Å². The quantitative estimate of drug-likeness (QED) is 0.721. The number of nitrogens with one attached hydrogen (secondary N) is 2. The molecule has 0 radical (unpaired) electrons. The third kappa shape index (κ3) is 3.03. The summed E-state index contributed by atoms with van der Waals surface area (Å²) in [5.41, 5.74) is 2.17. The molecular formula is C16H14N4O3. The van der Waals surface area contributed by atoms with E-state index in [9.17, 15) is 9.59 Å². The number of amides is 1. The van der Waals surface area contributed by atoms with Crippen molar-refractivity contribution in [3.63, 3.8) is 0 Å². The van der Waals surface area contributed by atoms with Gasteiger partial charge in [-0.2, -0.15) is 0 Å². The van der Waals surface area contributed by atoms with Crippen molar-refractivity contribution in [1.82, 2.24) is 15.0 Å². The molecule has 1 amide bonds. The summed E-state index contributed by atoms with van der Waals surface area (Å²) in [5.74, 6) is -0.730. The number of imidazole rings is 1. The van der Waals surface area contributed by atoms with Crippen molar-refractivity contribution >= 4 is 28.7 Å². The van der Waals surface area contributed by atoms with E-state index in [4.69, 9.17) is 4.74 Å². The number of carbonyl (C=O) groups excluding carboxylic acids is 2. The van der Waals surface area contributed by atoms with Gasteiger partial charge in [-0.1, -0.05) is 0 Å². The molecule has 0 aliphatic rings. The van der Waals surface area contributed by atoms with Crippen LogP contribution in [0, 0.1) is 0 Å². The van der Waals surface area contributed by atoms with Gasteiger partial charge in [0.15, 0.2) is 0 Å². The fourth-order valence-corrected chi connectivity index (χ4v) is 2.14. The SMILES string of the molecule is CCOC(=O)c1cccnc1NC(=O)c1ccc2nc[nH]c2c1. The average molecular weight is 310 g/mol. The van der Waals surface area contributed by atoms with Crippen LogP contribution in [0.15, 0.2) is 42.9 Å². The van der Waals surface area contributed by atoms with Gasteiger partial charge in [0, 0.05) is 11.8 Å². The maximum absolute atomic E-state index is 12.4. The van der Waals surface area contributed by atoms with Crippen molar-refractivity contribution in [1.29, 1.82) is 0 Å². The Bertz CT molecular complexity index is 872. The smallest absolute Gasteiger partial charge is 0.341 e. The standard InChI is InChI=1S/C16H14N4O3/c1-2-23-16(22)11-4-3-7-17-14(11)20-15(21)10-5-6-12-13(8-10)19-9-18-12/h3-9H,2H2,1H3,(H,18,19)(H,17,20,21). The number of pyridine rings is 1. The first-order valence-corrected chi connectivity index (χ1v) is 7.05. The summed E-state index contributed by atoms with van der Waals surface area (Å²) in [6.45, 7) is 1.96. The van der Waals surface area contributed by atoms with E-state index in [1.54, 1.807) is 43.6 Å². The van der Waals surface area contributed by atoms with E-state index in [2.05, 4.69) is 20.3 Å². The van der Waals surface area contributed by atoms with Crippen molar-refractivity contribution in [3.05, 3.63) is 54.0 Å². The number of hydrogen-bond donors (Lipinski definition) is 2. The van der Waals surface area contributed by atoms with Crippen LogP contribution in [0.25, 0.3) is 11.0 Å². The van der Waals surface area contributed by atoms with Gasteiger partial charge in [-0.15, -0.1) is 0 Å². The van der Waals surface area contributed by atoms with Crippen LogP contribution in [0.1, 0.15) is 27.6 Å². The van der Waals surface area contributed by atoms with E-state index in [1.807, 2.05) is 0 Å². The zero-order valence-electron chi connectivity index (χ0n) is 12.4. The molecule has 0 atom stereocenters. The first-order chi connectivity index (χ1) is 11.2. The van der Waals surface area contributed by atoms with Gasteiger partial charge >= 0.3 is 5.97 Å². The lowest BCUT2D eigenvalue weighted by Gasteiger charge is -2.09. The summed E-state index contributed by atoms with van der Waals surface area (Å²) < 4.78 is 4.96. The first kappa shape index (κ1) is 14.7. The van der Waals surface area contributed by atoms with Crippen LogP contribution >= 0.6 is 0 Å². The molecule has 7 heteroatoms. The van der Waals surface area contributed by atoms with Gasteiger partial charge in [-0.3, -0.25) is 4.79 Å². The third-order valence-electron chi connectivity index (χ3n) is 3.22. The Morgan fingerprint density at radius 1 is 1.26 bits per heavy atom. The number of nitrogens with zero attached hydrogens (tertiary/aromatic N) is 2. The molecular weight excluding hydrogens is 296 g/mol. The van der Waals surface area contributed by atoms with Gasteiger partial charge in [0.05, 0.1) is 24.0 Å². The van der Waals surface area contributed by atoms with Crippen LogP contribution in [0.2, 0.25) is 0 Å². The highest BCUT2D eigenvalue weighted by Crippen LogP contribution is 2.16. The Hall–Kier alpha value is -3.22. The van der Waals surface area contributed by atoms with Crippen molar-refractivity contribution in [2.45, 2.75) is 6.92 Å². The second kappa shape index (κ2) is 6.27. The predicted octanol–water partition coefficient (Wildman–Crippen LogP) is 2.39. The molecule has 7 nitrogen and oxygen atoms in total. The molecule has 2 heterocycles. The van der Waals surface area contributed by atoms with Gasteiger partial charge in [0.2, 0.25) is 0 Å². The average Bonchev–Trinajstić information content (AvgIpc) is 3.03. The molecule has 0 aliphatic carbocycles. The van der Waals surface area contributed by atoms with E-state index in [1.165, 1.54) is 6.20 Å². The van der Waals surface area contributed by atoms with E-state index >= 15 is 0 Å². The highest BCUT2D eigenvalue weighted by Gasteiger charge is 2.16. The second-order valence-corrected chi connectivity index (χ2v) is 4.71. The molecule has 23 heavy (non-hydrogen) atoms. The largest absolute Gasteiger partial charge is 0.462 e. The summed E-state index contributed by atoms with van der Waals surface area (Å²) in [6, 6.07) is 8.25. The summed E-state index contributed by atoms with van der Waals surface area (Å²) in [4.78, 5) is 35.4. The number of esters is 1. The van der Waals surface area contributed by atoms with Crippen LogP contribution in [-0.4, -0.2) is 33.4 Å². The van der Waals surface area contributed by atoms with Gasteiger partial charge < -0.3 is 15.0 Å². The lowest BCUT2D eigenvalue weighted by Crippen LogP contribution is -2.17. The second-order valence-electron chi connectivity index (χ2n) is 4.71. The van der Waals surface area contributed by atoms with Crippen LogP contribution < -0.4 is 5.32 Å². The zero-order valence-corrected chi connectivity index (χ0v) is 12.4. The molecule has 0 aliphatic heterocycles. The number of aromatic amines is 1. The summed E-state index contributed by atoms with van der Waals surface area (Å²) in [6.07, 6.45) is 3.06. The number of rotatable bonds is 4. The highest BCUT2D eigenvalue weighted by molar-refractivity contribution is 6.08. The minimum Gasteiger partial charge on any atom is -0.462 e. The lowest BCUT2D eigenvalue weighted by molar-refractivity contribution is 0.0527. The van der Waals surface area contributed by atoms with E-state index in [-0.39, 0.29) is 23.9 Å². The monoisotopic (exact) mass is 310 g/mol. The molecule has 116 valence electrons. The molecule has 0 spiro atoms. The fraction of sp³-hybridized carbons (Fsp3) is 0.125. The minimum atomic E-state index is -0.528. The number of anilines is 1. The molecule has 3 rings (SSSR count). The number of carbonyl (C=O) groups is 2. The number of H-pyrrole nitrogens is 1. The Labute approximate surface area is 131 Å². The molecule has 0 saturated carbocycles. The van der Waals surface area contributed by atoms with E-state index in [0.29, 0.717) is 5.56 Å². The number of benzene rings is 1. The van der Waals surface area contributed by atoms with E-state index < -0.39 is 5.97 Å². The highest BCUT2D eigenvalue weighted by atomic mass is 16.5. The normalized spacial score (nSPS) is 10.5. The van der Waals surface area contributed by atoms with Crippen molar-refractivity contribution in [2.75, 3.05) is 11.9 Å². The predicted molar refractivity (Wildman–Crippen MR) is 84.2 cm³/mol. The minimum absolute atomic E-state index is 0.167. The van der Waals surface area contributed by atoms with Crippen LogP contribution in [0.4, 0.5) is 5.82 Å². The van der Waals surface area contributed by atoms with Crippen molar-refractivity contribution < 1.29 is 14.3 Å². The van der Waals surface area contributed by atoms with Crippen molar-refractivity contribution in [3.8, 4) is 0 Å². The Morgan fingerprint density at radius 2 is 2.13 bits per heavy atom. The van der Waals surface area contributed by atoms with Gasteiger partial charge in [-0.05, 0) is 37.3 Å². The maximum atomic E-state index is 12.4. The molecule has 0 saturated heterocycles. The van der Waals surface area contributed by atoms with Crippen molar-refractivity contribution in [2.24, 2.45) is 0 Å². The topological polar surface area (TPSA) is 97.0 Å². The number of ether oxygens (including phenoxy) is 1. The Morgan fingerprint density at radius 3 is 2.96 bits per heavy atom. The maximum Gasteiger partial charge on any atom is 0.341 e. The Balaban J connectivity index is 1.86. The van der Waals surface area contributed by atoms with Crippen LogP contribution in [0.5, 0.6) is 0 Å². The molecule has 0 fully saturated rings. The van der Waals surface area contributed by atoms with Gasteiger partial charge in [-0.25, -0.2) is 14.8 Å². The zero-order chi connectivity index (χ0) is 16.2. The summed E-state index contributed by atoms with van der Waals surface area (Å²) in [7, 11) is 0. The molecule has 0 bridgehead atoms. The third-order valence-corrected chi connectivity index (χ3v) is 3.22. The first-order valence-electron chi connectivity index (χ1n) is 7.05. The number of fused-ring (bicyclic) bond motifs is 1. The summed E-state index contributed by atoms with van der Waals surface area (Å²) in [5, 5.41) is 2.64. The fourth-order valence-electron chi connectivity index (χ4n) is 2.14. The van der Waals surface area contributed by atoms with Crippen LogP contribution in [0.3, 0.4) is 0 Å².